The van der Waals surface area contributed by atoms with Crippen LogP contribution in [0, 0.1) is 0 Å². The summed E-state index contributed by atoms with van der Waals surface area (Å²) in [7, 11) is 0. The number of carbonyl (C=O) groups is 2. The Hall–Kier alpha value is -2.80. The maximum Gasteiger partial charge on any atom is 0.255 e. The number of aromatic nitrogens is 2. The molecule has 0 unspecified atom stereocenters. The molecule has 0 aliphatic carbocycles. The van der Waals surface area contributed by atoms with Gasteiger partial charge in [0.25, 0.3) is 11.8 Å². The van der Waals surface area contributed by atoms with E-state index in [2.05, 4.69) is 15.3 Å². The summed E-state index contributed by atoms with van der Waals surface area (Å²) in [6.45, 7) is 0.610. The lowest BCUT2D eigenvalue weighted by atomic mass is 10.2. The van der Waals surface area contributed by atoms with Crippen LogP contribution in [0.15, 0.2) is 49.1 Å². The maximum atomic E-state index is 12.3. The van der Waals surface area contributed by atoms with Crippen molar-refractivity contribution in [2.75, 3.05) is 26.2 Å². The van der Waals surface area contributed by atoms with Gasteiger partial charge in [-0.1, -0.05) is 0 Å². The molecule has 2 rings (SSSR count). The van der Waals surface area contributed by atoms with Crippen LogP contribution >= 0.6 is 0 Å². The number of nitrogens with one attached hydrogen (secondary N) is 1. The topological polar surface area (TPSA) is 95.4 Å². The fraction of sp³-hybridized carbons (Fsp3) is 0.250. The van der Waals surface area contributed by atoms with E-state index in [0.29, 0.717) is 17.7 Å². The molecular formula is C16H18N4O3. The SMILES string of the molecule is O=C(NCCN(CCO)C(=O)c1cccnc1)c1cccnc1. The van der Waals surface area contributed by atoms with E-state index >= 15 is 0 Å². The van der Waals surface area contributed by atoms with Crippen molar-refractivity contribution < 1.29 is 14.7 Å². The molecule has 7 heteroatoms. The van der Waals surface area contributed by atoms with Gasteiger partial charge >= 0.3 is 0 Å². The van der Waals surface area contributed by atoms with Crippen molar-refractivity contribution in [2.24, 2.45) is 0 Å². The van der Waals surface area contributed by atoms with Gasteiger partial charge in [0.2, 0.25) is 0 Å². The molecule has 0 saturated carbocycles. The molecule has 0 aliphatic heterocycles. The minimum absolute atomic E-state index is 0.150. The Labute approximate surface area is 134 Å². The number of amides is 2. The molecule has 2 aromatic heterocycles. The number of nitrogens with zero attached hydrogens (tertiary/aromatic N) is 3. The fourth-order valence-corrected chi connectivity index (χ4v) is 2.01. The van der Waals surface area contributed by atoms with Gasteiger partial charge < -0.3 is 15.3 Å². The Morgan fingerprint density at radius 1 is 1.04 bits per heavy atom. The van der Waals surface area contributed by atoms with E-state index in [1.165, 1.54) is 17.3 Å². The highest BCUT2D eigenvalue weighted by atomic mass is 16.3. The summed E-state index contributed by atoms with van der Waals surface area (Å²) in [6.07, 6.45) is 6.12. The summed E-state index contributed by atoms with van der Waals surface area (Å²) in [5.74, 6) is -0.487. The van der Waals surface area contributed by atoms with E-state index in [1.807, 2.05) is 0 Å². The number of pyridine rings is 2. The Balaban J connectivity index is 1.90. The molecule has 0 saturated heterocycles. The largest absolute Gasteiger partial charge is 0.395 e. The highest BCUT2D eigenvalue weighted by molar-refractivity contribution is 5.94. The quantitative estimate of drug-likeness (QED) is 0.768. The molecule has 2 N–H and O–H groups in total. The Morgan fingerprint density at radius 2 is 1.70 bits per heavy atom. The van der Waals surface area contributed by atoms with E-state index in [9.17, 15) is 9.59 Å². The second-order valence-corrected chi connectivity index (χ2v) is 4.76. The zero-order valence-corrected chi connectivity index (χ0v) is 12.6. The van der Waals surface area contributed by atoms with Crippen LogP contribution in [-0.4, -0.2) is 58.0 Å². The summed E-state index contributed by atoms with van der Waals surface area (Å²) in [5.41, 5.74) is 0.902. The Morgan fingerprint density at radius 3 is 2.26 bits per heavy atom. The lowest BCUT2D eigenvalue weighted by Gasteiger charge is -2.21. The third-order valence-corrected chi connectivity index (χ3v) is 3.16. The second kappa shape index (κ2) is 8.60. The van der Waals surface area contributed by atoms with Gasteiger partial charge in [0.1, 0.15) is 0 Å². The molecule has 0 fully saturated rings. The van der Waals surface area contributed by atoms with Crippen LogP contribution in [-0.2, 0) is 0 Å². The van der Waals surface area contributed by atoms with Crippen molar-refractivity contribution in [3.63, 3.8) is 0 Å². The first-order chi connectivity index (χ1) is 11.2. The monoisotopic (exact) mass is 314 g/mol. The highest BCUT2D eigenvalue weighted by Gasteiger charge is 2.15. The predicted octanol–water partition coefficient (Wildman–Crippen LogP) is 0.341. The molecule has 2 aromatic rings. The number of aliphatic hydroxyl groups is 1. The molecule has 23 heavy (non-hydrogen) atoms. The lowest BCUT2D eigenvalue weighted by Crippen LogP contribution is -2.40. The number of rotatable bonds is 7. The van der Waals surface area contributed by atoms with Crippen LogP contribution in [0.2, 0.25) is 0 Å². The Bertz CT molecular complexity index is 634. The van der Waals surface area contributed by atoms with Gasteiger partial charge in [-0.2, -0.15) is 0 Å². The first kappa shape index (κ1) is 16.6. The third kappa shape index (κ3) is 4.86. The summed E-state index contributed by atoms with van der Waals surface area (Å²) in [6, 6.07) is 6.68. The summed E-state index contributed by atoms with van der Waals surface area (Å²) < 4.78 is 0. The zero-order valence-electron chi connectivity index (χ0n) is 12.6. The molecule has 2 amide bonds. The van der Waals surface area contributed by atoms with Crippen molar-refractivity contribution in [1.29, 1.82) is 0 Å². The van der Waals surface area contributed by atoms with E-state index in [4.69, 9.17) is 5.11 Å². The van der Waals surface area contributed by atoms with Crippen molar-refractivity contribution in [2.45, 2.75) is 0 Å². The van der Waals surface area contributed by atoms with Crippen molar-refractivity contribution >= 4 is 11.8 Å². The van der Waals surface area contributed by atoms with E-state index in [1.54, 1.807) is 36.7 Å². The normalized spacial score (nSPS) is 10.1. The molecule has 120 valence electrons. The van der Waals surface area contributed by atoms with Gasteiger partial charge in [-0.05, 0) is 24.3 Å². The Kier molecular flexibility index (Phi) is 6.19. The molecule has 0 bridgehead atoms. The van der Waals surface area contributed by atoms with Gasteiger partial charge in [0, 0.05) is 44.4 Å². The van der Waals surface area contributed by atoms with E-state index in [-0.39, 0.29) is 31.5 Å². The van der Waals surface area contributed by atoms with Crippen molar-refractivity contribution in [1.82, 2.24) is 20.2 Å². The van der Waals surface area contributed by atoms with Crippen LogP contribution in [0.4, 0.5) is 0 Å². The molecule has 0 aromatic carbocycles. The van der Waals surface area contributed by atoms with Crippen LogP contribution in [0.5, 0.6) is 0 Å². The van der Waals surface area contributed by atoms with Crippen LogP contribution in [0.3, 0.4) is 0 Å². The maximum absolute atomic E-state index is 12.3. The molecular weight excluding hydrogens is 296 g/mol. The van der Waals surface area contributed by atoms with Crippen molar-refractivity contribution in [3.8, 4) is 0 Å². The van der Waals surface area contributed by atoms with E-state index in [0.717, 1.165) is 0 Å². The minimum Gasteiger partial charge on any atom is -0.395 e. The molecule has 0 aliphatic rings. The predicted molar refractivity (Wildman–Crippen MR) is 83.8 cm³/mol. The van der Waals surface area contributed by atoms with Crippen LogP contribution in [0.1, 0.15) is 20.7 Å². The molecule has 0 atom stereocenters. The number of hydrogen-bond donors (Lipinski definition) is 2. The molecule has 2 heterocycles. The average molecular weight is 314 g/mol. The second-order valence-electron chi connectivity index (χ2n) is 4.76. The summed E-state index contributed by atoms with van der Waals surface area (Å²) >= 11 is 0. The smallest absolute Gasteiger partial charge is 0.255 e. The van der Waals surface area contributed by atoms with Gasteiger partial charge in [-0.25, -0.2) is 0 Å². The van der Waals surface area contributed by atoms with Gasteiger partial charge in [-0.15, -0.1) is 0 Å². The lowest BCUT2D eigenvalue weighted by molar-refractivity contribution is 0.0716. The first-order valence-electron chi connectivity index (χ1n) is 7.20. The highest BCUT2D eigenvalue weighted by Crippen LogP contribution is 2.03. The van der Waals surface area contributed by atoms with Gasteiger partial charge in [0.15, 0.2) is 0 Å². The average Bonchev–Trinajstić information content (AvgIpc) is 2.61. The van der Waals surface area contributed by atoms with Gasteiger partial charge in [0.05, 0.1) is 17.7 Å². The standard InChI is InChI=1S/C16H18N4O3/c21-10-9-20(16(23)14-4-2-6-18-12-14)8-7-19-15(22)13-3-1-5-17-11-13/h1-6,11-12,21H,7-10H2,(H,19,22). The van der Waals surface area contributed by atoms with Crippen LogP contribution in [0.25, 0.3) is 0 Å². The number of carbonyl (C=O) groups excluding carboxylic acids is 2. The van der Waals surface area contributed by atoms with Crippen molar-refractivity contribution in [3.05, 3.63) is 60.2 Å². The summed E-state index contributed by atoms with van der Waals surface area (Å²) in [5, 5.41) is 11.8. The molecule has 0 spiro atoms. The third-order valence-electron chi connectivity index (χ3n) is 3.16. The first-order valence-corrected chi connectivity index (χ1v) is 7.20. The minimum atomic E-state index is -0.254. The molecule has 7 nitrogen and oxygen atoms in total. The molecule has 0 radical (unpaired) electrons. The fourth-order valence-electron chi connectivity index (χ4n) is 2.01. The van der Waals surface area contributed by atoms with E-state index < -0.39 is 0 Å². The zero-order chi connectivity index (χ0) is 16.5. The van der Waals surface area contributed by atoms with Crippen LogP contribution < -0.4 is 5.32 Å². The number of hydrogen-bond acceptors (Lipinski definition) is 5. The number of aliphatic hydroxyl groups excluding tert-OH is 1. The summed E-state index contributed by atoms with van der Waals surface area (Å²) in [4.78, 5) is 33.5. The van der Waals surface area contributed by atoms with Gasteiger partial charge in [-0.3, -0.25) is 19.6 Å².